The Kier molecular flexibility index (Phi) is 12.2. The molecule has 1 aromatic heterocycles. The lowest BCUT2D eigenvalue weighted by atomic mass is 10.1. The molecular weight excluding hydrogens is 497 g/mol. The van der Waals surface area contributed by atoms with Crippen LogP contribution in [0.5, 0.6) is 5.75 Å². The van der Waals surface area contributed by atoms with Gasteiger partial charge in [0, 0.05) is 30.6 Å². The normalized spacial score (nSPS) is 12.4. The third-order valence-electron chi connectivity index (χ3n) is 4.47. The van der Waals surface area contributed by atoms with E-state index in [1.807, 2.05) is 18.3 Å². The summed E-state index contributed by atoms with van der Waals surface area (Å²) in [5.74, 6) is 1.71. The van der Waals surface area contributed by atoms with Crippen molar-refractivity contribution in [1.82, 2.24) is 20.5 Å². The number of rotatable bonds is 10. The Balaban J connectivity index is 0.00000420. The number of halogens is 1. The molecule has 0 bridgehead atoms. The molecule has 0 aliphatic heterocycles. The summed E-state index contributed by atoms with van der Waals surface area (Å²) in [5, 5.41) is 7.93. The van der Waals surface area contributed by atoms with Crippen molar-refractivity contribution in [2.75, 3.05) is 40.8 Å². The summed E-state index contributed by atoms with van der Waals surface area (Å²) in [6, 6.07) is 8.41. The minimum absolute atomic E-state index is 0. The Bertz CT molecular complexity index is 733. The molecule has 0 spiro atoms. The monoisotopic (exact) mass is 531 g/mol. The lowest BCUT2D eigenvalue weighted by Gasteiger charge is -2.24. The SMILES string of the molecule is CCNC(=NCC(c1ccc(OC)cc1)N(C)C)NCCc1ncc(CC)s1.I. The molecule has 29 heavy (non-hydrogen) atoms. The van der Waals surface area contributed by atoms with Gasteiger partial charge in [-0.25, -0.2) is 4.98 Å². The number of nitrogens with zero attached hydrogens (tertiary/aromatic N) is 3. The van der Waals surface area contributed by atoms with Crippen molar-refractivity contribution in [2.45, 2.75) is 32.7 Å². The molecule has 162 valence electrons. The second kappa shape index (κ2) is 13.8. The number of benzene rings is 1. The van der Waals surface area contributed by atoms with Crippen LogP contribution in [0.25, 0.3) is 0 Å². The largest absolute Gasteiger partial charge is 0.497 e. The van der Waals surface area contributed by atoms with E-state index in [0.29, 0.717) is 6.54 Å². The Labute approximate surface area is 196 Å². The number of aliphatic imine (C=N–C) groups is 1. The molecule has 1 unspecified atom stereocenters. The first-order valence-corrected chi connectivity index (χ1v) is 10.6. The molecule has 0 saturated carbocycles. The summed E-state index contributed by atoms with van der Waals surface area (Å²) in [6.07, 6.45) is 3.94. The van der Waals surface area contributed by atoms with Crippen LogP contribution in [0.3, 0.4) is 0 Å². The molecule has 1 aromatic carbocycles. The zero-order valence-corrected chi connectivity index (χ0v) is 21.2. The van der Waals surface area contributed by atoms with E-state index >= 15 is 0 Å². The van der Waals surface area contributed by atoms with E-state index in [1.54, 1.807) is 18.4 Å². The van der Waals surface area contributed by atoms with Gasteiger partial charge in [-0.05, 0) is 45.1 Å². The molecule has 2 rings (SSSR count). The molecule has 8 heteroatoms. The second-order valence-electron chi connectivity index (χ2n) is 6.72. The number of aromatic nitrogens is 1. The van der Waals surface area contributed by atoms with Gasteiger partial charge < -0.3 is 20.3 Å². The average molecular weight is 532 g/mol. The fourth-order valence-corrected chi connectivity index (χ4v) is 3.69. The van der Waals surface area contributed by atoms with E-state index in [1.165, 1.54) is 15.4 Å². The van der Waals surface area contributed by atoms with E-state index in [-0.39, 0.29) is 30.0 Å². The van der Waals surface area contributed by atoms with Crippen LogP contribution in [-0.4, -0.2) is 56.7 Å². The maximum Gasteiger partial charge on any atom is 0.191 e. The fraction of sp³-hybridized carbons (Fsp3) is 0.524. The van der Waals surface area contributed by atoms with Gasteiger partial charge in [-0.1, -0.05) is 19.1 Å². The molecule has 0 aliphatic carbocycles. The first kappa shape index (κ1) is 25.6. The maximum absolute atomic E-state index is 5.26. The van der Waals surface area contributed by atoms with Gasteiger partial charge in [-0.2, -0.15) is 0 Å². The van der Waals surface area contributed by atoms with Gasteiger partial charge in [0.2, 0.25) is 0 Å². The van der Waals surface area contributed by atoms with Gasteiger partial charge in [0.25, 0.3) is 0 Å². The van der Waals surface area contributed by atoms with Crippen molar-refractivity contribution >= 4 is 41.3 Å². The number of methoxy groups -OCH3 is 1. The van der Waals surface area contributed by atoms with E-state index in [2.05, 4.69) is 60.6 Å². The molecule has 0 aliphatic rings. The Morgan fingerprint density at radius 2 is 1.93 bits per heavy atom. The maximum atomic E-state index is 5.26. The number of aryl methyl sites for hydroxylation is 1. The van der Waals surface area contributed by atoms with E-state index < -0.39 is 0 Å². The highest BCUT2D eigenvalue weighted by Gasteiger charge is 2.14. The van der Waals surface area contributed by atoms with Gasteiger partial charge >= 0.3 is 0 Å². The number of guanidine groups is 1. The molecule has 1 heterocycles. The first-order valence-electron chi connectivity index (χ1n) is 9.83. The van der Waals surface area contributed by atoms with Crippen molar-refractivity contribution in [3.8, 4) is 5.75 Å². The summed E-state index contributed by atoms with van der Waals surface area (Å²) >= 11 is 1.79. The molecule has 1 atom stereocenters. The van der Waals surface area contributed by atoms with Crippen LogP contribution in [0, 0.1) is 0 Å². The lowest BCUT2D eigenvalue weighted by molar-refractivity contribution is 0.306. The van der Waals surface area contributed by atoms with Crippen LogP contribution in [0.15, 0.2) is 35.5 Å². The standard InChI is InChI=1S/C21H33N5OS.HI/c1-6-18-14-24-20(28-18)12-13-23-21(22-7-2)25-15-19(26(3)4)16-8-10-17(27-5)11-9-16;/h8-11,14,19H,6-7,12-13,15H2,1-5H3,(H2,22,23,25);1H. The zero-order valence-electron chi connectivity index (χ0n) is 18.1. The molecule has 0 amide bonds. The molecular formula is C21H34IN5OS. The van der Waals surface area contributed by atoms with E-state index in [4.69, 9.17) is 9.73 Å². The van der Waals surface area contributed by atoms with Gasteiger partial charge in [0.1, 0.15) is 5.75 Å². The smallest absolute Gasteiger partial charge is 0.191 e. The summed E-state index contributed by atoms with van der Waals surface area (Å²) in [6.45, 7) is 6.57. The van der Waals surface area contributed by atoms with Crippen molar-refractivity contribution in [3.05, 3.63) is 45.9 Å². The van der Waals surface area contributed by atoms with E-state index in [9.17, 15) is 0 Å². The number of thiazole rings is 1. The van der Waals surface area contributed by atoms with Crippen LogP contribution in [0.2, 0.25) is 0 Å². The summed E-state index contributed by atoms with van der Waals surface area (Å²) in [5.41, 5.74) is 1.22. The van der Waals surface area contributed by atoms with Crippen molar-refractivity contribution in [2.24, 2.45) is 4.99 Å². The number of hydrogen-bond acceptors (Lipinski definition) is 5. The highest BCUT2D eigenvalue weighted by Crippen LogP contribution is 2.21. The van der Waals surface area contributed by atoms with Gasteiger partial charge in [-0.15, -0.1) is 35.3 Å². The molecule has 2 aromatic rings. The van der Waals surface area contributed by atoms with Crippen LogP contribution in [0.1, 0.15) is 35.3 Å². The highest BCUT2D eigenvalue weighted by molar-refractivity contribution is 14.0. The quantitative estimate of drug-likeness (QED) is 0.278. The first-order chi connectivity index (χ1) is 13.6. The number of likely N-dealkylation sites (N-methyl/N-ethyl adjacent to an activating group) is 1. The van der Waals surface area contributed by atoms with Gasteiger partial charge in [0.05, 0.1) is 24.7 Å². The van der Waals surface area contributed by atoms with Crippen molar-refractivity contribution in [3.63, 3.8) is 0 Å². The van der Waals surface area contributed by atoms with Gasteiger partial charge in [-0.3, -0.25) is 4.99 Å². The summed E-state index contributed by atoms with van der Waals surface area (Å²) in [7, 11) is 5.85. The van der Waals surface area contributed by atoms with Crippen LogP contribution in [0.4, 0.5) is 0 Å². The number of ether oxygens (including phenoxy) is 1. The second-order valence-corrected chi connectivity index (χ2v) is 7.92. The summed E-state index contributed by atoms with van der Waals surface area (Å²) in [4.78, 5) is 12.8. The third-order valence-corrected chi connectivity index (χ3v) is 5.67. The molecule has 0 saturated heterocycles. The number of hydrogen-bond donors (Lipinski definition) is 2. The van der Waals surface area contributed by atoms with Crippen LogP contribution in [-0.2, 0) is 12.8 Å². The Morgan fingerprint density at radius 3 is 2.48 bits per heavy atom. The Hall–Kier alpha value is -1.39. The molecule has 6 nitrogen and oxygen atoms in total. The Morgan fingerprint density at radius 1 is 1.21 bits per heavy atom. The minimum Gasteiger partial charge on any atom is -0.497 e. The zero-order chi connectivity index (χ0) is 20.4. The highest BCUT2D eigenvalue weighted by atomic mass is 127. The topological polar surface area (TPSA) is 61.8 Å². The van der Waals surface area contributed by atoms with Crippen LogP contribution < -0.4 is 15.4 Å². The minimum atomic E-state index is 0. The number of nitrogens with one attached hydrogen (secondary N) is 2. The third kappa shape index (κ3) is 8.47. The lowest BCUT2D eigenvalue weighted by Crippen LogP contribution is -2.39. The van der Waals surface area contributed by atoms with Crippen LogP contribution >= 0.6 is 35.3 Å². The molecule has 0 radical (unpaired) electrons. The predicted molar refractivity (Wildman–Crippen MR) is 134 cm³/mol. The van der Waals surface area contributed by atoms with E-state index in [0.717, 1.165) is 37.6 Å². The van der Waals surface area contributed by atoms with Crippen molar-refractivity contribution in [1.29, 1.82) is 0 Å². The predicted octanol–water partition coefficient (Wildman–Crippen LogP) is 3.73. The van der Waals surface area contributed by atoms with Crippen molar-refractivity contribution < 1.29 is 4.74 Å². The van der Waals surface area contributed by atoms with Gasteiger partial charge in [0.15, 0.2) is 5.96 Å². The average Bonchev–Trinajstić information content (AvgIpc) is 3.16. The molecule has 0 fully saturated rings. The molecule has 2 N–H and O–H groups in total. The fourth-order valence-electron chi connectivity index (χ4n) is 2.83. The summed E-state index contributed by atoms with van der Waals surface area (Å²) < 4.78 is 5.26.